The maximum absolute atomic E-state index is 3.71. The van der Waals surface area contributed by atoms with E-state index in [4.69, 9.17) is 0 Å². The van der Waals surface area contributed by atoms with Gasteiger partial charge in [0.1, 0.15) is 0 Å². The zero-order valence-electron chi connectivity index (χ0n) is 10.2. The van der Waals surface area contributed by atoms with Crippen LogP contribution in [0.25, 0.3) is 0 Å². The zero-order chi connectivity index (χ0) is 11.8. The van der Waals surface area contributed by atoms with Gasteiger partial charge in [-0.2, -0.15) is 11.8 Å². The van der Waals surface area contributed by atoms with Crippen LogP contribution in [0.3, 0.4) is 0 Å². The molecule has 0 saturated carbocycles. The van der Waals surface area contributed by atoms with Crippen molar-refractivity contribution in [3.05, 3.63) is 34.5 Å². The van der Waals surface area contributed by atoms with Crippen LogP contribution in [0, 0.1) is 0 Å². The summed E-state index contributed by atoms with van der Waals surface area (Å²) in [5, 5.41) is 3.55. The fraction of sp³-hybridized carbons (Fsp3) is 0.538. The molecule has 0 spiro atoms. The van der Waals surface area contributed by atoms with Crippen LogP contribution in [-0.4, -0.2) is 18.1 Å². The lowest BCUT2D eigenvalue weighted by Crippen LogP contribution is -2.20. The largest absolute Gasteiger partial charge is 0.309 e. The van der Waals surface area contributed by atoms with E-state index in [9.17, 15) is 0 Å². The van der Waals surface area contributed by atoms with E-state index in [0.717, 1.165) is 24.5 Å². The van der Waals surface area contributed by atoms with Gasteiger partial charge in [0.25, 0.3) is 0 Å². The van der Waals surface area contributed by atoms with Gasteiger partial charge in [0.2, 0.25) is 0 Å². The normalized spacial score (nSPS) is 12.6. The number of hydrogen-bond acceptors (Lipinski definition) is 3. The Balaban J connectivity index is 2.23. The lowest BCUT2D eigenvalue weighted by Gasteiger charge is -2.11. The minimum Gasteiger partial charge on any atom is -0.309 e. The third-order valence-electron chi connectivity index (χ3n) is 2.39. The molecule has 1 atom stereocenters. The summed E-state index contributed by atoms with van der Waals surface area (Å²) < 4.78 is 0. The highest BCUT2D eigenvalue weighted by molar-refractivity contribution is 7.99. The number of aryl methyl sites for hydroxylation is 1. The molecule has 0 bridgehead atoms. The lowest BCUT2D eigenvalue weighted by molar-refractivity contribution is 0.610. The Kier molecular flexibility index (Phi) is 6.85. The Morgan fingerprint density at radius 3 is 3.00 bits per heavy atom. The van der Waals surface area contributed by atoms with E-state index in [0.29, 0.717) is 6.04 Å². The van der Waals surface area contributed by atoms with Gasteiger partial charge < -0.3 is 5.32 Å². The average Bonchev–Trinajstić information content (AvgIpc) is 2.77. The Labute approximate surface area is 107 Å². The molecular weight excluding hydrogens is 234 g/mol. The Morgan fingerprint density at radius 2 is 2.38 bits per heavy atom. The topological polar surface area (TPSA) is 12.0 Å². The summed E-state index contributed by atoms with van der Waals surface area (Å²) in [4.78, 5) is 2.93. The monoisotopic (exact) mass is 255 g/mol. The van der Waals surface area contributed by atoms with Gasteiger partial charge in [0, 0.05) is 33.8 Å². The smallest absolute Gasteiger partial charge is 0.0386 e. The van der Waals surface area contributed by atoms with Gasteiger partial charge in [-0.15, -0.1) is 17.9 Å². The van der Waals surface area contributed by atoms with Gasteiger partial charge in [-0.25, -0.2) is 0 Å². The SMILES string of the molecule is C=CCSCCNC(C)c1ccc(CC)s1. The van der Waals surface area contributed by atoms with Gasteiger partial charge >= 0.3 is 0 Å². The van der Waals surface area contributed by atoms with Gasteiger partial charge in [-0.1, -0.05) is 13.0 Å². The third kappa shape index (κ3) is 4.73. The van der Waals surface area contributed by atoms with Gasteiger partial charge in [0.05, 0.1) is 0 Å². The third-order valence-corrected chi connectivity index (χ3v) is 4.77. The minimum atomic E-state index is 0.481. The first kappa shape index (κ1) is 13.8. The van der Waals surface area contributed by atoms with Crippen LogP contribution in [0.2, 0.25) is 0 Å². The second kappa shape index (κ2) is 7.93. The molecule has 0 radical (unpaired) electrons. The van der Waals surface area contributed by atoms with Crippen LogP contribution >= 0.6 is 23.1 Å². The molecule has 1 aromatic rings. The van der Waals surface area contributed by atoms with E-state index in [2.05, 4.69) is 37.9 Å². The summed E-state index contributed by atoms with van der Waals surface area (Å²) in [6, 6.07) is 4.97. The Hall–Kier alpha value is -0.250. The first-order chi connectivity index (χ1) is 7.77. The van der Waals surface area contributed by atoms with E-state index in [1.807, 2.05) is 29.2 Å². The van der Waals surface area contributed by atoms with Crippen LogP contribution in [0.4, 0.5) is 0 Å². The van der Waals surface area contributed by atoms with Crippen molar-refractivity contribution >= 4 is 23.1 Å². The first-order valence-electron chi connectivity index (χ1n) is 5.78. The maximum Gasteiger partial charge on any atom is 0.0386 e. The standard InChI is InChI=1S/C13H21NS2/c1-4-9-15-10-8-14-11(3)13-7-6-12(5-2)16-13/h4,6-7,11,14H,1,5,8-10H2,2-3H3. The van der Waals surface area contributed by atoms with E-state index >= 15 is 0 Å². The molecule has 1 nitrogen and oxygen atoms in total. The van der Waals surface area contributed by atoms with Gasteiger partial charge in [-0.3, -0.25) is 0 Å². The van der Waals surface area contributed by atoms with Crippen LogP contribution in [0.5, 0.6) is 0 Å². The number of rotatable bonds is 8. The predicted molar refractivity (Wildman–Crippen MR) is 77.6 cm³/mol. The van der Waals surface area contributed by atoms with Crippen molar-refractivity contribution in [3.8, 4) is 0 Å². The van der Waals surface area contributed by atoms with Crippen molar-refractivity contribution in [2.24, 2.45) is 0 Å². The molecule has 0 amide bonds. The molecule has 0 aliphatic heterocycles. The first-order valence-corrected chi connectivity index (χ1v) is 7.75. The van der Waals surface area contributed by atoms with Crippen molar-refractivity contribution in [1.82, 2.24) is 5.32 Å². The van der Waals surface area contributed by atoms with Crippen molar-refractivity contribution in [1.29, 1.82) is 0 Å². The molecule has 3 heteroatoms. The van der Waals surface area contributed by atoms with Gasteiger partial charge in [-0.05, 0) is 25.5 Å². The second-order valence-corrected chi connectivity index (χ2v) is 6.05. The van der Waals surface area contributed by atoms with Gasteiger partial charge in [0.15, 0.2) is 0 Å². The summed E-state index contributed by atoms with van der Waals surface area (Å²) in [7, 11) is 0. The highest BCUT2D eigenvalue weighted by atomic mass is 32.2. The van der Waals surface area contributed by atoms with Crippen molar-refractivity contribution < 1.29 is 0 Å². The molecule has 1 heterocycles. The zero-order valence-corrected chi connectivity index (χ0v) is 11.8. The molecule has 1 unspecified atom stereocenters. The molecule has 16 heavy (non-hydrogen) atoms. The molecule has 0 aromatic carbocycles. The fourth-order valence-electron chi connectivity index (χ4n) is 1.43. The van der Waals surface area contributed by atoms with E-state index in [1.165, 1.54) is 9.75 Å². The highest BCUT2D eigenvalue weighted by Crippen LogP contribution is 2.23. The van der Waals surface area contributed by atoms with Crippen LogP contribution in [-0.2, 0) is 6.42 Å². The van der Waals surface area contributed by atoms with Crippen molar-refractivity contribution in [2.75, 3.05) is 18.1 Å². The molecule has 90 valence electrons. The summed E-state index contributed by atoms with van der Waals surface area (Å²) >= 11 is 3.85. The molecular formula is C13H21NS2. The molecule has 1 rings (SSSR count). The van der Waals surface area contributed by atoms with Crippen molar-refractivity contribution in [2.45, 2.75) is 26.3 Å². The minimum absolute atomic E-state index is 0.481. The summed E-state index contributed by atoms with van der Waals surface area (Å²) in [6.07, 6.45) is 3.10. The highest BCUT2D eigenvalue weighted by Gasteiger charge is 2.06. The molecule has 0 aliphatic rings. The maximum atomic E-state index is 3.71. The summed E-state index contributed by atoms with van der Waals surface area (Å²) in [6.45, 7) is 9.23. The number of nitrogens with one attached hydrogen (secondary N) is 1. The van der Waals surface area contributed by atoms with Crippen molar-refractivity contribution in [3.63, 3.8) is 0 Å². The van der Waals surface area contributed by atoms with E-state index in [-0.39, 0.29) is 0 Å². The number of hydrogen-bond donors (Lipinski definition) is 1. The number of thiophene rings is 1. The Morgan fingerprint density at radius 1 is 1.56 bits per heavy atom. The molecule has 0 saturated heterocycles. The molecule has 1 N–H and O–H groups in total. The predicted octanol–water partition coefficient (Wildman–Crippen LogP) is 3.88. The van der Waals surface area contributed by atoms with E-state index in [1.54, 1.807) is 0 Å². The second-order valence-electron chi connectivity index (χ2n) is 3.70. The average molecular weight is 255 g/mol. The lowest BCUT2D eigenvalue weighted by atomic mass is 10.2. The summed E-state index contributed by atoms with van der Waals surface area (Å²) in [5.41, 5.74) is 0. The quantitative estimate of drug-likeness (QED) is 0.559. The fourth-order valence-corrected chi connectivity index (χ4v) is 3.01. The molecule has 0 aliphatic carbocycles. The van der Waals surface area contributed by atoms with Crippen LogP contribution in [0.15, 0.2) is 24.8 Å². The molecule has 1 aromatic heterocycles. The Bertz CT molecular complexity index is 307. The van der Waals surface area contributed by atoms with Crippen LogP contribution < -0.4 is 5.32 Å². The molecule has 0 fully saturated rings. The van der Waals surface area contributed by atoms with E-state index < -0.39 is 0 Å². The summed E-state index contributed by atoms with van der Waals surface area (Å²) in [5.74, 6) is 2.21. The number of thioether (sulfide) groups is 1. The van der Waals surface area contributed by atoms with Crippen LogP contribution in [0.1, 0.15) is 29.6 Å².